The first-order valence-electron chi connectivity index (χ1n) is 10.7. The summed E-state index contributed by atoms with van der Waals surface area (Å²) in [5.74, 6) is 0.934. The molecule has 0 spiro atoms. The maximum absolute atomic E-state index is 5.42. The number of aromatic nitrogens is 4. The van der Waals surface area contributed by atoms with E-state index in [2.05, 4.69) is 56.9 Å². The Bertz CT molecular complexity index is 719. The first-order valence-corrected chi connectivity index (χ1v) is 10.7. The molecule has 1 atom stereocenters. The van der Waals surface area contributed by atoms with Crippen LogP contribution in [0, 0.1) is 0 Å². The number of rotatable bonds is 7. The van der Waals surface area contributed by atoms with Gasteiger partial charge >= 0.3 is 0 Å². The van der Waals surface area contributed by atoms with Crippen LogP contribution in [0.5, 0.6) is 0 Å². The summed E-state index contributed by atoms with van der Waals surface area (Å²) in [7, 11) is 0. The Balaban J connectivity index is 1.32. The smallest absolute Gasteiger partial charge is 0.173 e. The van der Waals surface area contributed by atoms with Gasteiger partial charge in [-0.15, -0.1) is 5.10 Å². The fourth-order valence-corrected chi connectivity index (χ4v) is 4.27. The van der Waals surface area contributed by atoms with Gasteiger partial charge in [-0.3, -0.25) is 4.90 Å². The van der Waals surface area contributed by atoms with Crippen LogP contribution in [0.25, 0.3) is 0 Å². The molecule has 0 amide bonds. The zero-order chi connectivity index (χ0) is 19.2. The van der Waals surface area contributed by atoms with Gasteiger partial charge in [0.25, 0.3) is 0 Å². The monoisotopic (exact) mass is 384 g/mol. The molecule has 7 nitrogen and oxygen atoms in total. The van der Waals surface area contributed by atoms with Crippen molar-refractivity contribution in [2.24, 2.45) is 0 Å². The van der Waals surface area contributed by atoms with Gasteiger partial charge in [0, 0.05) is 25.3 Å². The average molecular weight is 385 g/mol. The molecule has 2 aromatic rings. The first-order chi connectivity index (χ1) is 13.8. The number of tetrazole rings is 1. The third-order valence-electron chi connectivity index (χ3n) is 5.98. The highest BCUT2D eigenvalue weighted by Gasteiger charge is 2.23. The van der Waals surface area contributed by atoms with Crippen LogP contribution in [-0.2, 0) is 11.2 Å². The summed E-state index contributed by atoms with van der Waals surface area (Å²) < 4.78 is 7.47. The van der Waals surface area contributed by atoms with Gasteiger partial charge in [0.05, 0.1) is 25.3 Å². The van der Waals surface area contributed by atoms with Gasteiger partial charge in [0.2, 0.25) is 0 Å². The summed E-state index contributed by atoms with van der Waals surface area (Å²) in [5, 5.41) is 16.1. The number of anilines is 1. The highest BCUT2D eigenvalue weighted by molar-refractivity contribution is 5.45. The van der Waals surface area contributed by atoms with Crippen molar-refractivity contribution in [2.45, 2.75) is 57.5 Å². The Morgan fingerprint density at radius 1 is 1.11 bits per heavy atom. The Morgan fingerprint density at radius 3 is 2.61 bits per heavy atom. The maximum Gasteiger partial charge on any atom is 0.173 e. The second kappa shape index (κ2) is 9.47. The lowest BCUT2D eigenvalue weighted by Gasteiger charge is -2.26. The molecule has 0 radical (unpaired) electrons. The molecular weight excluding hydrogens is 352 g/mol. The van der Waals surface area contributed by atoms with Crippen molar-refractivity contribution < 1.29 is 4.74 Å². The normalized spacial score (nSPS) is 20.2. The lowest BCUT2D eigenvalue weighted by atomic mass is 9.95. The number of morpholine rings is 1. The Labute approximate surface area is 167 Å². The van der Waals surface area contributed by atoms with E-state index < -0.39 is 0 Å². The zero-order valence-corrected chi connectivity index (χ0v) is 16.9. The standard InChI is InChI=1S/C21H32N6O/c1-17(21-23-24-25-27(21)20-5-3-2-4-6-20)22-19-9-7-18(8-10-19)11-12-26-13-15-28-16-14-26/h7-10,17,20,22H,2-6,11-16H2,1H3. The van der Waals surface area contributed by atoms with E-state index in [4.69, 9.17) is 4.74 Å². The molecule has 1 N–H and O–H groups in total. The number of nitrogens with zero attached hydrogens (tertiary/aromatic N) is 5. The molecule has 1 aromatic heterocycles. The van der Waals surface area contributed by atoms with Gasteiger partial charge < -0.3 is 10.1 Å². The van der Waals surface area contributed by atoms with Crippen LogP contribution >= 0.6 is 0 Å². The number of nitrogens with one attached hydrogen (secondary N) is 1. The maximum atomic E-state index is 5.42. The average Bonchev–Trinajstić information content (AvgIpc) is 3.25. The van der Waals surface area contributed by atoms with E-state index >= 15 is 0 Å². The van der Waals surface area contributed by atoms with E-state index in [0.717, 1.165) is 50.8 Å². The number of hydrogen-bond acceptors (Lipinski definition) is 6. The van der Waals surface area contributed by atoms with Gasteiger partial charge in [-0.05, 0) is 54.3 Å². The van der Waals surface area contributed by atoms with Gasteiger partial charge in [-0.25, -0.2) is 4.68 Å². The number of benzene rings is 1. The van der Waals surface area contributed by atoms with Crippen molar-refractivity contribution >= 4 is 5.69 Å². The minimum Gasteiger partial charge on any atom is -0.379 e. The fraction of sp³-hybridized carbons (Fsp3) is 0.667. The molecule has 7 heteroatoms. The van der Waals surface area contributed by atoms with E-state index in [1.54, 1.807) is 0 Å². The van der Waals surface area contributed by atoms with E-state index in [-0.39, 0.29) is 6.04 Å². The van der Waals surface area contributed by atoms with Crippen LogP contribution in [0.3, 0.4) is 0 Å². The molecule has 1 aliphatic carbocycles. The largest absolute Gasteiger partial charge is 0.379 e. The van der Waals surface area contributed by atoms with Gasteiger partial charge in [-0.2, -0.15) is 0 Å². The third-order valence-corrected chi connectivity index (χ3v) is 5.98. The van der Waals surface area contributed by atoms with Crippen molar-refractivity contribution in [2.75, 3.05) is 38.2 Å². The van der Waals surface area contributed by atoms with E-state index in [9.17, 15) is 0 Å². The topological polar surface area (TPSA) is 68.1 Å². The van der Waals surface area contributed by atoms with Crippen molar-refractivity contribution in [3.63, 3.8) is 0 Å². The number of hydrogen-bond donors (Lipinski definition) is 1. The molecule has 4 rings (SSSR count). The van der Waals surface area contributed by atoms with E-state index in [1.165, 1.54) is 37.7 Å². The van der Waals surface area contributed by atoms with Crippen molar-refractivity contribution in [3.8, 4) is 0 Å². The van der Waals surface area contributed by atoms with Crippen LogP contribution in [0.4, 0.5) is 5.69 Å². The molecule has 1 saturated carbocycles. The Morgan fingerprint density at radius 2 is 1.86 bits per heavy atom. The highest BCUT2D eigenvalue weighted by atomic mass is 16.5. The molecule has 28 heavy (non-hydrogen) atoms. The summed E-state index contributed by atoms with van der Waals surface area (Å²) in [5.41, 5.74) is 2.48. The SMILES string of the molecule is CC(Nc1ccc(CCN2CCOCC2)cc1)c1nnnn1C1CCCCC1. The molecule has 2 heterocycles. The summed E-state index contributed by atoms with van der Waals surface area (Å²) in [6, 6.07) is 9.31. The van der Waals surface area contributed by atoms with Gasteiger partial charge in [-0.1, -0.05) is 31.4 Å². The molecule has 1 aromatic carbocycles. The number of ether oxygens (including phenoxy) is 1. The second-order valence-electron chi connectivity index (χ2n) is 8.04. The van der Waals surface area contributed by atoms with Crippen LogP contribution in [0.15, 0.2) is 24.3 Å². The summed E-state index contributed by atoms with van der Waals surface area (Å²) >= 11 is 0. The molecule has 1 unspecified atom stereocenters. The molecule has 2 aliphatic rings. The molecule has 1 saturated heterocycles. The van der Waals surface area contributed by atoms with Crippen LogP contribution in [-0.4, -0.2) is 58.0 Å². The fourth-order valence-electron chi connectivity index (χ4n) is 4.27. The third kappa shape index (κ3) is 4.89. The second-order valence-corrected chi connectivity index (χ2v) is 8.04. The van der Waals surface area contributed by atoms with Gasteiger partial charge in [0.15, 0.2) is 5.82 Å². The summed E-state index contributed by atoms with van der Waals surface area (Å²) in [6.45, 7) is 7.06. The predicted molar refractivity (Wildman–Crippen MR) is 109 cm³/mol. The Hall–Kier alpha value is -1.99. The summed E-state index contributed by atoms with van der Waals surface area (Å²) in [4.78, 5) is 2.48. The summed E-state index contributed by atoms with van der Waals surface area (Å²) in [6.07, 6.45) is 7.33. The quantitative estimate of drug-likeness (QED) is 0.790. The highest BCUT2D eigenvalue weighted by Crippen LogP contribution is 2.29. The molecule has 2 fully saturated rings. The van der Waals surface area contributed by atoms with Crippen molar-refractivity contribution in [1.82, 2.24) is 25.1 Å². The van der Waals surface area contributed by atoms with Crippen molar-refractivity contribution in [3.05, 3.63) is 35.7 Å². The first kappa shape index (κ1) is 19.3. The lowest BCUT2D eigenvalue weighted by Crippen LogP contribution is -2.37. The van der Waals surface area contributed by atoms with Crippen LogP contribution in [0.2, 0.25) is 0 Å². The minimum absolute atomic E-state index is 0.0797. The zero-order valence-electron chi connectivity index (χ0n) is 16.9. The van der Waals surface area contributed by atoms with E-state index in [1.807, 2.05) is 4.68 Å². The van der Waals surface area contributed by atoms with Crippen LogP contribution < -0.4 is 5.32 Å². The molecule has 152 valence electrons. The predicted octanol–water partition coefficient (Wildman–Crippen LogP) is 3.23. The molecule has 0 bridgehead atoms. The Kier molecular flexibility index (Phi) is 6.54. The van der Waals surface area contributed by atoms with Crippen molar-refractivity contribution in [1.29, 1.82) is 0 Å². The van der Waals surface area contributed by atoms with Gasteiger partial charge in [0.1, 0.15) is 0 Å². The minimum atomic E-state index is 0.0797. The molecule has 1 aliphatic heterocycles. The lowest BCUT2D eigenvalue weighted by molar-refractivity contribution is 0.0384. The van der Waals surface area contributed by atoms with E-state index in [0.29, 0.717) is 6.04 Å². The van der Waals surface area contributed by atoms with Crippen LogP contribution in [0.1, 0.15) is 62.5 Å². The molecular formula is C21H32N6O.